The standard InChI is InChI=1S/C15H20ClN3/c1-10-4-13(17)9-19(7-10)8-11-6-18-15-5-12(16)2-3-14(11)15/h2-3,5-6,10,13,18H,4,7-9,17H2,1H3. The van der Waals surface area contributed by atoms with Crippen molar-refractivity contribution in [2.75, 3.05) is 13.1 Å². The van der Waals surface area contributed by atoms with E-state index in [1.165, 1.54) is 10.9 Å². The van der Waals surface area contributed by atoms with Gasteiger partial charge in [0.15, 0.2) is 0 Å². The molecule has 4 heteroatoms. The molecule has 102 valence electrons. The van der Waals surface area contributed by atoms with Crippen LogP contribution in [0.25, 0.3) is 10.9 Å². The molecule has 2 atom stereocenters. The molecular formula is C15H20ClN3. The van der Waals surface area contributed by atoms with E-state index in [-0.39, 0.29) is 0 Å². The summed E-state index contributed by atoms with van der Waals surface area (Å²) < 4.78 is 0. The summed E-state index contributed by atoms with van der Waals surface area (Å²) in [6, 6.07) is 6.33. The minimum atomic E-state index is 0.309. The first-order chi connectivity index (χ1) is 9.11. The van der Waals surface area contributed by atoms with E-state index in [2.05, 4.69) is 29.1 Å². The highest BCUT2D eigenvalue weighted by molar-refractivity contribution is 6.31. The van der Waals surface area contributed by atoms with Crippen molar-refractivity contribution < 1.29 is 0 Å². The summed E-state index contributed by atoms with van der Waals surface area (Å²) in [4.78, 5) is 5.75. The second kappa shape index (κ2) is 5.16. The van der Waals surface area contributed by atoms with Gasteiger partial charge in [-0.3, -0.25) is 4.90 Å². The molecule has 0 radical (unpaired) electrons. The number of halogens is 1. The van der Waals surface area contributed by atoms with Gasteiger partial charge in [0.1, 0.15) is 0 Å². The fourth-order valence-corrected chi connectivity index (χ4v) is 3.34. The van der Waals surface area contributed by atoms with Gasteiger partial charge in [-0.1, -0.05) is 24.6 Å². The van der Waals surface area contributed by atoms with E-state index >= 15 is 0 Å². The fourth-order valence-electron chi connectivity index (χ4n) is 3.17. The van der Waals surface area contributed by atoms with Crippen molar-refractivity contribution in [2.45, 2.75) is 25.9 Å². The first-order valence-corrected chi connectivity index (χ1v) is 7.23. The van der Waals surface area contributed by atoms with E-state index < -0.39 is 0 Å². The van der Waals surface area contributed by atoms with Gasteiger partial charge in [-0.05, 0) is 30.0 Å². The Balaban J connectivity index is 1.81. The predicted molar refractivity (Wildman–Crippen MR) is 80.3 cm³/mol. The van der Waals surface area contributed by atoms with Crippen LogP contribution in [0.4, 0.5) is 0 Å². The number of piperidine rings is 1. The van der Waals surface area contributed by atoms with Crippen LogP contribution < -0.4 is 5.73 Å². The minimum absolute atomic E-state index is 0.309. The Bertz CT molecular complexity index is 568. The first-order valence-electron chi connectivity index (χ1n) is 6.85. The molecule has 1 aliphatic heterocycles. The van der Waals surface area contributed by atoms with Crippen LogP contribution in [0, 0.1) is 5.92 Å². The molecular weight excluding hydrogens is 258 g/mol. The van der Waals surface area contributed by atoms with Gasteiger partial charge in [0.2, 0.25) is 0 Å². The third kappa shape index (κ3) is 2.78. The molecule has 1 saturated heterocycles. The number of aromatic nitrogens is 1. The number of hydrogen-bond donors (Lipinski definition) is 2. The van der Waals surface area contributed by atoms with Crippen molar-refractivity contribution in [3.63, 3.8) is 0 Å². The molecule has 19 heavy (non-hydrogen) atoms. The lowest BCUT2D eigenvalue weighted by molar-refractivity contribution is 0.159. The van der Waals surface area contributed by atoms with Crippen LogP contribution in [0.15, 0.2) is 24.4 Å². The average molecular weight is 278 g/mol. The Kier molecular flexibility index (Phi) is 3.52. The number of H-pyrrole nitrogens is 1. The summed E-state index contributed by atoms with van der Waals surface area (Å²) in [6.07, 6.45) is 3.23. The number of fused-ring (bicyclic) bond motifs is 1. The third-order valence-electron chi connectivity index (χ3n) is 3.89. The van der Waals surface area contributed by atoms with Crippen molar-refractivity contribution in [2.24, 2.45) is 11.7 Å². The third-order valence-corrected chi connectivity index (χ3v) is 4.13. The van der Waals surface area contributed by atoms with Gasteiger partial charge in [0.05, 0.1) is 0 Å². The predicted octanol–water partition coefficient (Wildman–Crippen LogP) is 2.99. The van der Waals surface area contributed by atoms with E-state index in [1.54, 1.807) is 0 Å². The molecule has 1 aromatic heterocycles. The Morgan fingerprint density at radius 3 is 3.05 bits per heavy atom. The zero-order valence-electron chi connectivity index (χ0n) is 11.2. The number of benzene rings is 1. The fraction of sp³-hybridized carbons (Fsp3) is 0.467. The summed E-state index contributed by atoms with van der Waals surface area (Å²) in [6.45, 7) is 5.36. The lowest BCUT2D eigenvalue weighted by Gasteiger charge is -2.34. The lowest BCUT2D eigenvalue weighted by Crippen LogP contribution is -2.45. The van der Waals surface area contributed by atoms with Crippen LogP contribution in [-0.2, 0) is 6.54 Å². The molecule has 1 fully saturated rings. The van der Waals surface area contributed by atoms with Gasteiger partial charge in [-0.15, -0.1) is 0 Å². The van der Waals surface area contributed by atoms with E-state index in [0.717, 1.165) is 36.6 Å². The van der Waals surface area contributed by atoms with E-state index in [0.29, 0.717) is 12.0 Å². The van der Waals surface area contributed by atoms with Gasteiger partial charge >= 0.3 is 0 Å². The molecule has 2 heterocycles. The highest BCUT2D eigenvalue weighted by Gasteiger charge is 2.22. The molecule has 2 unspecified atom stereocenters. The molecule has 2 aromatic rings. The number of nitrogens with one attached hydrogen (secondary N) is 1. The maximum atomic E-state index is 6.11. The highest BCUT2D eigenvalue weighted by Crippen LogP contribution is 2.24. The Hall–Kier alpha value is -1.03. The van der Waals surface area contributed by atoms with Crippen LogP contribution in [0.3, 0.4) is 0 Å². The molecule has 3 nitrogen and oxygen atoms in total. The highest BCUT2D eigenvalue weighted by atomic mass is 35.5. The number of aromatic amines is 1. The molecule has 0 aliphatic carbocycles. The van der Waals surface area contributed by atoms with Crippen molar-refractivity contribution >= 4 is 22.5 Å². The summed E-state index contributed by atoms with van der Waals surface area (Å²) in [7, 11) is 0. The van der Waals surface area contributed by atoms with Gasteiger partial charge in [-0.25, -0.2) is 0 Å². The number of likely N-dealkylation sites (tertiary alicyclic amines) is 1. The van der Waals surface area contributed by atoms with Crippen LogP contribution >= 0.6 is 11.6 Å². The van der Waals surface area contributed by atoms with Gasteiger partial charge in [-0.2, -0.15) is 0 Å². The lowest BCUT2D eigenvalue weighted by atomic mass is 9.96. The van der Waals surface area contributed by atoms with Crippen molar-refractivity contribution in [3.05, 3.63) is 35.0 Å². The van der Waals surface area contributed by atoms with E-state index in [9.17, 15) is 0 Å². The number of nitrogens with zero attached hydrogens (tertiary/aromatic N) is 1. The summed E-state index contributed by atoms with van der Waals surface area (Å²) in [5.74, 6) is 0.684. The summed E-state index contributed by atoms with van der Waals surface area (Å²) >= 11 is 6.01. The number of rotatable bonds is 2. The second-order valence-electron chi connectivity index (χ2n) is 5.80. The smallest absolute Gasteiger partial charge is 0.0472 e. The molecule has 0 spiro atoms. The molecule has 0 saturated carbocycles. The van der Waals surface area contributed by atoms with Crippen molar-refractivity contribution in [1.29, 1.82) is 0 Å². The monoisotopic (exact) mass is 277 g/mol. The summed E-state index contributed by atoms with van der Waals surface area (Å²) in [5.41, 5.74) is 8.55. The van der Waals surface area contributed by atoms with E-state index in [4.69, 9.17) is 17.3 Å². The SMILES string of the molecule is CC1CC(N)CN(Cc2c[nH]c3cc(Cl)ccc23)C1. The Morgan fingerprint density at radius 1 is 1.42 bits per heavy atom. The molecule has 0 amide bonds. The van der Waals surface area contributed by atoms with E-state index in [1.807, 2.05) is 12.1 Å². The van der Waals surface area contributed by atoms with Crippen LogP contribution in [-0.4, -0.2) is 29.0 Å². The largest absolute Gasteiger partial charge is 0.361 e. The molecule has 1 aromatic carbocycles. The number of nitrogens with two attached hydrogens (primary N) is 1. The minimum Gasteiger partial charge on any atom is -0.361 e. The maximum Gasteiger partial charge on any atom is 0.0472 e. The van der Waals surface area contributed by atoms with Gasteiger partial charge < -0.3 is 10.7 Å². The maximum absolute atomic E-state index is 6.11. The second-order valence-corrected chi connectivity index (χ2v) is 6.24. The Morgan fingerprint density at radius 2 is 2.26 bits per heavy atom. The van der Waals surface area contributed by atoms with Gasteiger partial charge in [0.25, 0.3) is 0 Å². The van der Waals surface area contributed by atoms with Crippen molar-refractivity contribution in [1.82, 2.24) is 9.88 Å². The molecule has 3 rings (SSSR count). The summed E-state index contributed by atoms with van der Waals surface area (Å²) in [5, 5.41) is 2.03. The normalized spacial score (nSPS) is 25.0. The zero-order valence-corrected chi connectivity index (χ0v) is 12.0. The Labute approximate surface area is 118 Å². The van der Waals surface area contributed by atoms with Crippen LogP contribution in [0.2, 0.25) is 5.02 Å². The topological polar surface area (TPSA) is 45.0 Å². The number of hydrogen-bond acceptors (Lipinski definition) is 2. The molecule has 0 bridgehead atoms. The molecule has 3 N–H and O–H groups in total. The van der Waals surface area contributed by atoms with Crippen LogP contribution in [0.5, 0.6) is 0 Å². The van der Waals surface area contributed by atoms with Crippen LogP contribution in [0.1, 0.15) is 18.9 Å². The first kappa shape index (κ1) is 13.0. The van der Waals surface area contributed by atoms with Gasteiger partial charge in [0, 0.05) is 47.8 Å². The average Bonchev–Trinajstić information content (AvgIpc) is 2.70. The quantitative estimate of drug-likeness (QED) is 0.886. The van der Waals surface area contributed by atoms with Crippen molar-refractivity contribution in [3.8, 4) is 0 Å². The zero-order chi connectivity index (χ0) is 13.4. The molecule has 1 aliphatic rings.